The van der Waals surface area contributed by atoms with Gasteiger partial charge >= 0.3 is 11.9 Å². The highest BCUT2D eigenvalue weighted by Gasteiger charge is 2.22. The molecular formula is C53H101N3O6. The van der Waals surface area contributed by atoms with Crippen LogP contribution in [0.15, 0.2) is 12.4 Å². The first-order valence-corrected chi connectivity index (χ1v) is 26.6. The first-order valence-electron chi connectivity index (χ1n) is 26.6. The molecule has 0 aromatic carbocycles. The van der Waals surface area contributed by atoms with E-state index in [9.17, 15) is 19.8 Å². The molecule has 0 aliphatic carbocycles. The molecule has 0 saturated heterocycles. The zero-order chi connectivity index (χ0) is 45.5. The Morgan fingerprint density at radius 2 is 0.919 bits per heavy atom. The monoisotopic (exact) mass is 876 g/mol. The van der Waals surface area contributed by atoms with Crippen molar-refractivity contribution in [1.29, 1.82) is 0 Å². The Morgan fingerprint density at radius 3 is 1.32 bits per heavy atom. The summed E-state index contributed by atoms with van der Waals surface area (Å²) in [7, 11) is 0. The van der Waals surface area contributed by atoms with Crippen molar-refractivity contribution in [3.05, 3.63) is 18.2 Å². The van der Waals surface area contributed by atoms with Crippen LogP contribution >= 0.6 is 0 Å². The van der Waals surface area contributed by atoms with Gasteiger partial charge in [0, 0.05) is 44.5 Å². The number of nitrogens with zero attached hydrogens (tertiary/aromatic N) is 3. The molecule has 1 rings (SSSR count). The van der Waals surface area contributed by atoms with E-state index >= 15 is 0 Å². The number of aromatic nitrogens is 2. The average Bonchev–Trinajstić information content (AvgIpc) is 3.73. The Bertz CT molecular complexity index is 1100. The van der Waals surface area contributed by atoms with Gasteiger partial charge in [0.1, 0.15) is 5.82 Å². The minimum Gasteiger partial charge on any atom is -0.465 e. The molecule has 0 fully saturated rings. The lowest BCUT2D eigenvalue weighted by Gasteiger charge is -2.27. The molecule has 0 aliphatic rings. The Balaban J connectivity index is 2.62. The summed E-state index contributed by atoms with van der Waals surface area (Å²) in [6, 6.07) is 0. The Labute approximate surface area is 382 Å². The van der Waals surface area contributed by atoms with Crippen molar-refractivity contribution in [2.24, 2.45) is 11.8 Å². The van der Waals surface area contributed by atoms with E-state index in [4.69, 9.17) is 9.47 Å². The number of hydrogen-bond donors (Lipinski definition) is 2. The molecule has 4 unspecified atom stereocenters. The zero-order valence-corrected chi connectivity index (χ0v) is 41.6. The highest BCUT2D eigenvalue weighted by atomic mass is 16.5. The van der Waals surface area contributed by atoms with E-state index in [2.05, 4.69) is 56.0 Å². The zero-order valence-electron chi connectivity index (χ0n) is 41.6. The summed E-state index contributed by atoms with van der Waals surface area (Å²) >= 11 is 0. The molecule has 0 radical (unpaired) electrons. The standard InChI is InChI=1S/C53H101N3O6/c1-7-11-15-19-21-25-34-47(32-23-17-13-9-3)52(59)61-42-29-27-36-49(57)44-55(39-31-40-56-41-38-54-51(56)46(5)6)45-50(58)37-28-30-43-62-53(60)48(33-24-18-14-10-4)35-26-22-20-16-12-8-2/h38,41,46-50,57-58H,7-37,39-40,42-45H2,1-6H3. The summed E-state index contributed by atoms with van der Waals surface area (Å²) in [5.74, 6) is 1.38. The van der Waals surface area contributed by atoms with Gasteiger partial charge in [-0.25, -0.2) is 4.98 Å². The first-order chi connectivity index (χ1) is 30.2. The largest absolute Gasteiger partial charge is 0.465 e. The smallest absolute Gasteiger partial charge is 0.308 e. The third kappa shape index (κ3) is 31.0. The van der Waals surface area contributed by atoms with Crippen LogP contribution < -0.4 is 0 Å². The highest BCUT2D eigenvalue weighted by Crippen LogP contribution is 2.23. The molecule has 1 aromatic rings. The summed E-state index contributed by atoms with van der Waals surface area (Å²) in [6.07, 6.45) is 35.9. The Kier molecular flexibility index (Phi) is 37.9. The van der Waals surface area contributed by atoms with Crippen LogP contribution in [0.25, 0.3) is 0 Å². The molecule has 1 aromatic heterocycles. The lowest BCUT2D eigenvalue weighted by Crippen LogP contribution is -2.39. The van der Waals surface area contributed by atoms with Crippen molar-refractivity contribution in [2.45, 2.75) is 265 Å². The molecule has 9 heteroatoms. The topological polar surface area (TPSA) is 114 Å². The van der Waals surface area contributed by atoms with E-state index in [0.717, 1.165) is 102 Å². The van der Waals surface area contributed by atoms with Crippen LogP contribution in [0.4, 0.5) is 0 Å². The van der Waals surface area contributed by atoms with Gasteiger partial charge < -0.3 is 24.3 Å². The fraction of sp³-hybridized carbons (Fsp3) is 0.906. The number of aryl methyl sites for hydroxylation is 1. The number of rotatable bonds is 45. The van der Waals surface area contributed by atoms with Crippen molar-refractivity contribution >= 4 is 11.9 Å². The van der Waals surface area contributed by atoms with Gasteiger partial charge in [-0.1, -0.05) is 170 Å². The number of ether oxygens (including phenoxy) is 2. The molecule has 62 heavy (non-hydrogen) atoms. The van der Waals surface area contributed by atoms with Gasteiger partial charge in [-0.2, -0.15) is 0 Å². The maximum Gasteiger partial charge on any atom is 0.308 e. The summed E-state index contributed by atoms with van der Waals surface area (Å²) in [5, 5.41) is 22.4. The normalized spacial score (nSPS) is 13.8. The van der Waals surface area contributed by atoms with Gasteiger partial charge in [-0.15, -0.1) is 0 Å². The lowest BCUT2D eigenvalue weighted by atomic mass is 9.94. The SMILES string of the molecule is CCCCCCCCC(CCCCCC)C(=O)OCCCCC(O)CN(CCCn1ccnc1C(C)C)CC(O)CCCCOC(=O)C(CCCCCC)CCCCCCCC. The molecule has 0 amide bonds. The van der Waals surface area contributed by atoms with Gasteiger partial charge in [-0.05, 0) is 70.6 Å². The number of carbonyl (C=O) groups excluding carboxylic acids is 2. The second kappa shape index (κ2) is 40.5. The number of imidazole rings is 1. The molecule has 364 valence electrons. The molecule has 0 spiro atoms. The highest BCUT2D eigenvalue weighted by molar-refractivity contribution is 5.72. The number of esters is 2. The summed E-state index contributed by atoms with van der Waals surface area (Å²) < 4.78 is 13.9. The van der Waals surface area contributed by atoms with Crippen LogP contribution in [0.5, 0.6) is 0 Å². The minimum absolute atomic E-state index is 0.00902. The number of hydrogen-bond acceptors (Lipinski definition) is 8. The van der Waals surface area contributed by atoms with Crippen molar-refractivity contribution in [3.8, 4) is 0 Å². The van der Waals surface area contributed by atoms with Crippen molar-refractivity contribution in [3.63, 3.8) is 0 Å². The molecule has 4 atom stereocenters. The van der Waals surface area contributed by atoms with Gasteiger partial charge in [-0.3, -0.25) is 14.5 Å². The second-order valence-electron chi connectivity index (χ2n) is 19.1. The Hall–Kier alpha value is -1.97. The van der Waals surface area contributed by atoms with Crippen molar-refractivity contribution in [2.75, 3.05) is 32.8 Å². The van der Waals surface area contributed by atoms with E-state index in [1.165, 1.54) is 103 Å². The number of aliphatic hydroxyl groups is 2. The molecule has 2 N–H and O–H groups in total. The van der Waals surface area contributed by atoms with Crippen LogP contribution in [0.2, 0.25) is 0 Å². The van der Waals surface area contributed by atoms with Gasteiger partial charge in [0.05, 0.1) is 37.3 Å². The van der Waals surface area contributed by atoms with Crippen LogP contribution in [-0.2, 0) is 25.6 Å². The van der Waals surface area contributed by atoms with E-state index < -0.39 is 12.2 Å². The molecular weight excluding hydrogens is 775 g/mol. The van der Waals surface area contributed by atoms with E-state index in [1.807, 2.05) is 12.4 Å². The fourth-order valence-electron chi connectivity index (χ4n) is 8.79. The van der Waals surface area contributed by atoms with Gasteiger partial charge in [0.2, 0.25) is 0 Å². The quantitative estimate of drug-likeness (QED) is 0.0492. The van der Waals surface area contributed by atoms with E-state index in [-0.39, 0.29) is 23.8 Å². The van der Waals surface area contributed by atoms with E-state index in [1.54, 1.807) is 0 Å². The summed E-state index contributed by atoms with van der Waals surface area (Å²) in [6.45, 7) is 16.6. The number of carbonyl (C=O) groups is 2. The summed E-state index contributed by atoms with van der Waals surface area (Å²) in [4.78, 5) is 33.0. The van der Waals surface area contributed by atoms with Crippen LogP contribution in [-0.4, -0.2) is 81.7 Å². The number of aliphatic hydroxyl groups excluding tert-OH is 2. The maximum atomic E-state index is 13.1. The third-order valence-electron chi connectivity index (χ3n) is 12.7. The number of unbranched alkanes of at least 4 members (excludes halogenated alkanes) is 18. The predicted octanol–water partition coefficient (Wildman–Crippen LogP) is 13.5. The Morgan fingerprint density at radius 1 is 0.548 bits per heavy atom. The third-order valence-corrected chi connectivity index (χ3v) is 12.7. The molecule has 0 aliphatic heterocycles. The van der Waals surface area contributed by atoms with Crippen molar-refractivity contribution < 1.29 is 29.3 Å². The van der Waals surface area contributed by atoms with E-state index in [0.29, 0.717) is 45.1 Å². The maximum absolute atomic E-state index is 13.1. The lowest BCUT2D eigenvalue weighted by molar-refractivity contribution is -0.150. The van der Waals surface area contributed by atoms with Crippen LogP contribution in [0.3, 0.4) is 0 Å². The first kappa shape index (κ1) is 58.0. The van der Waals surface area contributed by atoms with Gasteiger partial charge in [0.25, 0.3) is 0 Å². The van der Waals surface area contributed by atoms with Crippen LogP contribution in [0.1, 0.15) is 252 Å². The van der Waals surface area contributed by atoms with Crippen molar-refractivity contribution in [1.82, 2.24) is 14.5 Å². The second-order valence-corrected chi connectivity index (χ2v) is 19.1. The molecule has 0 saturated carbocycles. The molecule has 1 heterocycles. The summed E-state index contributed by atoms with van der Waals surface area (Å²) in [5.41, 5.74) is 0. The molecule has 9 nitrogen and oxygen atoms in total. The average molecular weight is 876 g/mol. The van der Waals surface area contributed by atoms with Crippen LogP contribution in [0, 0.1) is 11.8 Å². The molecule has 0 bridgehead atoms. The van der Waals surface area contributed by atoms with Gasteiger partial charge in [0.15, 0.2) is 0 Å². The minimum atomic E-state index is -0.526. The predicted molar refractivity (Wildman–Crippen MR) is 259 cm³/mol. The fourth-order valence-corrected chi connectivity index (χ4v) is 8.79.